The number of hydrogen-bond acceptors (Lipinski definition) is 0. The van der Waals surface area contributed by atoms with Gasteiger partial charge in [0.25, 0.3) is 0 Å². The standard InChI is InChI=1S/4Al.2Li.12H. The van der Waals surface area contributed by atoms with Crippen molar-refractivity contribution in [2.45, 2.75) is 0 Å². The Bertz CT molecular complexity index is 5.51. The van der Waals surface area contributed by atoms with E-state index in [9.17, 15) is 0 Å². The van der Waals surface area contributed by atoms with E-state index in [-0.39, 0.29) is 107 Å². The first-order valence-electron chi connectivity index (χ1n) is 0. The Balaban J connectivity index is 0. The minimum Gasteiger partial charge on any atom is 0 e. The predicted octanol–water partition coefficient (Wildman–Crippen LogP) is -5.50. The molecule has 0 saturated heterocycles. The van der Waals surface area contributed by atoms with Crippen molar-refractivity contribution in [3.8, 4) is 0 Å². The van der Waals surface area contributed by atoms with Crippen LogP contribution in [0, 0.1) is 0 Å². The molecule has 0 aliphatic heterocycles. The molecule has 0 aliphatic carbocycles. The van der Waals surface area contributed by atoms with Gasteiger partial charge in [-0.2, -0.15) is 0 Å². The third-order valence-corrected chi connectivity index (χ3v) is 0. The summed E-state index contributed by atoms with van der Waals surface area (Å²) in [6.07, 6.45) is 0. The quantitative estimate of drug-likeness (QED) is 0.290. The molecule has 6 heteroatoms. The van der Waals surface area contributed by atoms with Crippen LogP contribution in [0.25, 0.3) is 0 Å². The van der Waals surface area contributed by atoms with E-state index in [1.54, 1.807) is 0 Å². The molecule has 0 aliphatic rings. The fraction of sp³-hybridized carbons (Fsp3) is 0. The zero-order valence-electron chi connectivity index (χ0n) is 2.00. The Labute approximate surface area is 105 Å². The second-order valence-corrected chi connectivity index (χ2v) is 0. The van der Waals surface area contributed by atoms with Crippen LogP contribution in [0.3, 0.4) is 0 Å². The summed E-state index contributed by atoms with van der Waals surface area (Å²) in [5.74, 6) is 0. The zero-order chi connectivity index (χ0) is 0. The van der Waals surface area contributed by atoms with Crippen molar-refractivity contribution in [1.29, 1.82) is 0 Å². The van der Waals surface area contributed by atoms with Crippen LogP contribution in [0.2, 0.25) is 0 Å². The summed E-state index contributed by atoms with van der Waals surface area (Å²) < 4.78 is 0. The molecule has 0 fully saturated rings. The summed E-state index contributed by atoms with van der Waals surface area (Å²) in [6.45, 7) is 0. The van der Waals surface area contributed by atoms with Gasteiger partial charge in [0.2, 0.25) is 0 Å². The molecule has 26 valence electrons. The van der Waals surface area contributed by atoms with Crippen molar-refractivity contribution in [2.75, 3.05) is 0 Å². The summed E-state index contributed by atoms with van der Waals surface area (Å²) >= 11 is 0. The van der Waals surface area contributed by atoms with Crippen LogP contribution in [0.5, 0.6) is 0 Å². The molecular weight excluding hydrogens is 122 g/mol. The molecule has 6 heavy (non-hydrogen) atoms. The van der Waals surface area contributed by atoms with Gasteiger partial charge >= 0.3 is 0 Å². The van der Waals surface area contributed by atoms with Crippen LogP contribution in [0.4, 0.5) is 0 Å². The third kappa shape index (κ3) is 26.5. The second-order valence-electron chi connectivity index (χ2n) is 0. The van der Waals surface area contributed by atoms with E-state index in [0.29, 0.717) is 0 Å². The molecule has 0 nitrogen and oxygen atoms in total. The largest absolute Gasteiger partial charge is 0.187 e. The van der Waals surface area contributed by atoms with E-state index in [0.717, 1.165) is 0 Å². The second kappa shape index (κ2) is 40.4. The maximum Gasteiger partial charge on any atom is 0.187 e. The Hall–Kier alpha value is 3.32. The summed E-state index contributed by atoms with van der Waals surface area (Å²) in [4.78, 5) is 0. The molecule has 2 radical (unpaired) electrons. The smallest absolute Gasteiger partial charge is 0 e. The average Bonchev–Trinajstić information content (AvgIpc) is 0. The molecule has 0 N–H and O–H groups in total. The SMILES string of the molecule is [AlH3].[AlH3].[AlH3].[AlH3].[Li].[Li]. The average molecular weight is 134 g/mol. The van der Waals surface area contributed by atoms with Crippen molar-refractivity contribution in [3.63, 3.8) is 0 Å². The molecule has 0 atom stereocenters. The summed E-state index contributed by atoms with van der Waals surface area (Å²) in [5.41, 5.74) is 0. The molecule has 0 amide bonds. The van der Waals surface area contributed by atoms with Crippen molar-refractivity contribution < 1.29 is 0 Å². The Morgan fingerprint density at radius 2 is 0.333 bits per heavy atom. The van der Waals surface area contributed by atoms with Gasteiger partial charge in [-0.15, -0.1) is 0 Å². The first-order valence-corrected chi connectivity index (χ1v) is 0. The van der Waals surface area contributed by atoms with E-state index in [2.05, 4.69) is 0 Å². The first-order chi connectivity index (χ1) is 0. The molecule has 0 bridgehead atoms. The third-order valence-electron chi connectivity index (χ3n) is 0. The monoisotopic (exact) mass is 134 g/mol. The van der Waals surface area contributed by atoms with Gasteiger partial charge in [0, 0.05) is 37.7 Å². The molecule has 0 saturated carbocycles. The van der Waals surface area contributed by atoms with Gasteiger partial charge in [0.1, 0.15) is 0 Å². The van der Waals surface area contributed by atoms with Crippen LogP contribution >= 0.6 is 0 Å². The zero-order valence-corrected chi connectivity index (χ0v) is 2.00. The van der Waals surface area contributed by atoms with Crippen LogP contribution in [0.1, 0.15) is 0 Å². The Morgan fingerprint density at radius 3 is 0.333 bits per heavy atom. The van der Waals surface area contributed by atoms with E-state index in [1.807, 2.05) is 0 Å². The molecule has 0 aromatic heterocycles. The van der Waals surface area contributed by atoms with Gasteiger partial charge in [-0.25, -0.2) is 0 Å². The van der Waals surface area contributed by atoms with E-state index < -0.39 is 0 Å². The minimum atomic E-state index is 0. The van der Waals surface area contributed by atoms with Crippen LogP contribution in [0.15, 0.2) is 0 Å². The summed E-state index contributed by atoms with van der Waals surface area (Å²) in [7, 11) is 0. The minimum absolute atomic E-state index is 0. The van der Waals surface area contributed by atoms with Crippen molar-refractivity contribution in [3.05, 3.63) is 0 Å². The number of rotatable bonds is 0. The van der Waals surface area contributed by atoms with Gasteiger partial charge < -0.3 is 0 Å². The Kier molecular flexibility index (Phi) is 394. The van der Waals surface area contributed by atoms with Crippen LogP contribution in [-0.4, -0.2) is 107 Å². The van der Waals surface area contributed by atoms with Crippen LogP contribution in [-0.2, 0) is 0 Å². The van der Waals surface area contributed by atoms with Gasteiger partial charge in [-0.3, -0.25) is 0 Å². The molecule has 0 aromatic carbocycles. The van der Waals surface area contributed by atoms with Gasteiger partial charge in [0.05, 0.1) is 0 Å². The predicted molar refractivity (Wildman–Crippen MR) is 51.3 cm³/mol. The van der Waals surface area contributed by atoms with Gasteiger partial charge in [-0.05, 0) is 0 Å². The molecular formula is H12Al4Li2. The first kappa shape index (κ1) is 58.5. The van der Waals surface area contributed by atoms with E-state index in [4.69, 9.17) is 0 Å². The van der Waals surface area contributed by atoms with Gasteiger partial charge in [-0.1, -0.05) is 0 Å². The molecule has 0 spiro atoms. The van der Waals surface area contributed by atoms with Crippen LogP contribution < -0.4 is 0 Å². The molecule has 0 heterocycles. The summed E-state index contributed by atoms with van der Waals surface area (Å²) in [5, 5.41) is 0. The van der Waals surface area contributed by atoms with E-state index >= 15 is 0 Å². The van der Waals surface area contributed by atoms with Crippen molar-refractivity contribution >= 4 is 107 Å². The fourth-order valence-corrected chi connectivity index (χ4v) is 0. The summed E-state index contributed by atoms with van der Waals surface area (Å²) in [6, 6.07) is 0. The fourth-order valence-electron chi connectivity index (χ4n) is 0. The van der Waals surface area contributed by atoms with Gasteiger partial charge in [0.15, 0.2) is 69.4 Å². The van der Waals surface area contributed by atoms with Crippen molar-refractivity contribution in [2.24, 2.45) is 0 Å². The van der Waals surface area contributed by atoms with E-state index in [1.165, 1.54) is 0 Å². The molecule has 0 unspecified atom stereocenters. The molecule has 0 rings (SSSR count). The molecule has 0 aromatic rings. The normalized spacial score (nSPS) is 0. The van der Waals surface area contributed by atoms with Crippen molar-refractivity contribution in [1.82, 2.24) is 0 Å². The maximum absolute atomic E-state index is 0. The topological polar surface area (TPSA) is 0 Å². The maximum atomic E-state index is 0. The number of hydrogen-bond donors (Lipinski definition) is 0. The Morgan fingerprint density at radius 1 is 0.333 bits per heavy atom.